The lowest BCUT2D eigenvalue weighted by Crippen LogP contribution is -2.28. The van der Waals surface area contributed by atoms with Crippen LogP contribution >= 0.6 is 12.4 Å². The van der Waals surface area contributed by atoms with Crippen LogP contribution in [0.5, 0.6) is 0 Å². The molecule has 1 atom stereocenters. The van der Waals surface area contributed by atoms with Crippen molar-refractivity contribution in [3.05, 3.63) is 35.6 Å². The van der Waals surface area contributed by atoms with Crippen molar-refractivity contribution in [1.82, 2.24) is 5.32 Å². The topological polar surface area (TPSA) is 12.0 Å². The monoisotopic (exact) mass is 215 g/mol. The van der Waals surface area contributed by atoms with Crippen LogP contribution < -0.4 is 5.32 Å². The fourth-order valence-corrected chi connectivity index (χ4v) is 1.87. The number of benzene rings is 1. The summed E-state index contributed by atoms with van der Waals surface area (Å²) in [7, 11) is 0. The van der Waals surface area contributed by atoms with Crippen molar-refractivity contribution >= 4 is 12.4 Å². The van der Waals surface area contributed by atoms with Crippen LogP contribution in [0.2, 0.25) is 0 Å². The molecule has 1 saturated heterocycles. The molecule has 0 spiro atoms. The zero-order valence-electron chi connectivity index (χ0n) is 8.00. The standard InChI is InChI=1S/C11H14FN.ClH/c12-11-5-3-9(4-6-11)10-2-1-7-13-8-10;/h3-6,10,13H,1-2,7-8H2;1H/t10-;/m0./s1. The molecular formula is C11H15ClFN. The van der Waals surface area contributed by atoms with E-state index in [1.807, 2.05) is 12.1 Å². The highest BCUT2D eigenvalue weighted by Gasteiger charge is 2.14. The maximum atomic E-state index is 12.6. The first-order valence-corrected chi connectivity index (χ1v) is 4.82. The van der Waals surface area contributed by atoms with Gasteiger partial charge in [-0.2, -0.15) is 0 Å². The van der Waals surface area contributed by atoms with Gasteiger partial charge in [0.2, 0.25) is 0 Å². The molecule has 3 heteroatoms. The highest BCUT2D eigenvalue weighted by atomic mass is 35.5. The average molecular weight is 216 g/mol. The Morgan fingerprint density at radius 2 is 1.93 bits per heavy atom. The van der Waals surface area contributed by atoms with E-state index in [1.54, 1.807) is 12.1 Å². The first kappa shape index (κ1) is 11.5. The fraction of sp³-hybridized carbons (Fsp3) is 0.455. The highest BCUT2D eigenvalue weighted by Crippen LogP contribution is 2.22. The fourth-order valence-electron chi connectivity index (χ4n) is 1.87. The SMILES string of the molecule is Cl.Fc1ccc([C@H]2CCCNC2)cc1. The van der Waals surface area contributed by atoms with E-state index in [-0.39, 0.29) is 18.2 Å². The van der Waals surface area contributed by atoms with Gasteiger partial charge in [0.15, 0.2) is 0 Å². The van der Waals surface area contributed by atoms with Gasteiger partial charge in [0, 0.05) is 6.54 Å². The van der Waals surface area contributed by atoms with E-state index in [9.17, 15) is 4.39 Å². The lowest BCUT2D eigenvalue weighted by atomic mass is 9.92. The Morgan fingerprint density at radius 3 is 2.50 bits per heavy atom. The third-order valence-corrected chi connectivity index (χ3v) is 2.64. The molecule has 1 aliphatic heterocycles. The minimum Gasteiger partial charge on any atom is -0.316 e. The third-order valence-electron chi connectivity index (χ3n) is 2.64. The van der Waals surface area contributed by atoms with Crippen LogP contribution in [0.25, 0.3) is 0 Å². The Bertz CT molecular complexity index is 267. The molecule has 1 aromatic carbocycles. The quantitative estimate of drug-likeness (QED) is 0.760. The zero-order valence-corrected chi connectivity index (χ0v) is 8.82. The lowest BCUT2D eigenvalue weighted by molar-refractivity contribution is 0.461. The smallest absolute Gasteiger partial charge is 0.123 e. The minimum absolute atomic E-state index is 0. The van der Waals surface area contributed by atoms with Gasteiger partial charge >= 0.3 is 0 Å². The molecule has 14 heavy (non-hydrogen) atoms. The van der Waals surface area contributed by atoms with Gasteiger partial charge in [0.25, 0.3) is 0 Å². The maximum absolute atomic E-state index is 12.6. The second kappa shape index (κ2) is 5.32. The van der Waals surface area contributed by atoms with Gasteiger partial charge < -0.3 is 5.32 Å². The minimum atomic E-state index is -0.146. The molecule has 2 rings (SSSR count). The van der Waals surface area contributed by atoms with E-state index in [4.69, 9.17) is 0 Å². The molecule has 1 fully saturated rings. The summed E-state index contributed by atoms with van der Waals surface area (Å²) in [5.74, 6) is 0.432. The Labute approximate surface area is 90.1 Å². The molecule has 1 nitrogen and oxygen atoms in total. The summed E-state index contributed by atoms with van der Waals surface area (Å²) in [4.78, 5) is 0. The first-order chi connectivity index (χ1) is 6.36. The van der Waals surface area contributed by atoms with Gasteiger partial charge in [-0.1, -0.05) is 12.1 Å². The van der Waals surface area contributed by atoms with Crippen LogP contribution in [0, 0.1) is 5.82 Å². The summed E-state index contributed by atoms with van der Waals surface area (Å²) >= 11 is 0. The molecule has 0 unspecified atom stereocenters. The predicted octanol–water partition coefficient (Wildman–Crippen LogP) is 2.71. The number of hydrogen-bond donors (Lipinski definition) is 1. The second-order valence-electron chi connectivity index (χ2n) is 3.59. The van der Waals surface area contributed by atoms with Gasteiger partial charge in [0.1, 0.15) is 5.82 Å². The Hall–Kier alpha value is -0.600. The van der Waals surface area contributed by atoms with Gasteiger partial charge in [0.05, 0.1) is 0 Å². The Balaban J connectivity index is 0.000000980. The number of nitrogens with one attached hydrogen (secondary N) is 1. The molecule has 0 bridgehead atoms. The van der Waals surface area contributed by atoms with Crippen molar-refractivity contribution < 1.29 is 4.39 Å². The van der Waals surface area contributed by atoms with Crippen LogP contribution in [0.15, 0.2) is 24.3 Å². The molecular weight excluding hydrogens is 201 g/mol. The van der Waals surface area contributed by atoms with Crippen LogP contribution in [-0.4, -0.2) is 13.1 Å². The summed E-state index contributed by atoms with van der Waals surface area (Å²) in [5.41, 5.74) is 1.26. The highest BCUT2D eigenvalue weighted by molar-refractivity contribution is 5.85. The molecule has 0 amide bonds. The van der Waals surface area contributed by atoms with E-state index >= 15 is 0 Å². The van der Waals surface area contributed by atoms with Gasteiger partial charge in [-0.15, -0.1) is 12.4 Å². The largest absolute Gasteiger partial charge is 0.316 e. The van der Waals surface area contributed by atoms with E-state index in [0.717, 1.165) is 13.1 Å². The molecule has 1 heterocycles. The Kier molecular flexibility index (Phi) is 4.36. The molecule has 78 valence electrons. The number of piperidine rings is 1. The summed E-state index contributed by atoms with van der Waals surface area (Å²) < 4.78 is 12.6. The van der Waals surface area contributed by atoms with Gasteiger partial charge in [-0.25, -0.2) is 4.39 Å². The Morgan fingerprint density at radius 1 is 1.21 bits per heavy atom. The molecule has 0 radical (unpaired) electrons. The van der Waals surface area contributed by atoms with Crippen molar-refractivity contribution in [1.29, 1.82) is 0 Å². The van der Waals surface area contributed by atoms with Crippen molar-refractivity contribution in [3.63, 3.8) is 0 Å². The summed E-state index contributed by atoms with van der Waals surface area (Å²) in [6.45, 7) is 2.16. The normalized spacial score (nSPS) is 21.4. The maximum Gasteiger partial charge on any atom is 0.123 e. The van der Waals surface area contributed by atoms with Crippen LogP contribution in [0.1, 0.15) is 24.3 Å². The summed E-state index contributed by atoms with van der Waals surface area (Å²) in [5, 5.41) is 3.35. The second-order valence-corrected chi connectivity index (χ2v) is 3.59. The van der Waals surface area contributed by atoms with Crippen LogP contribution in [0.4, 0.5) is 4.39 Å². The third kappa shape index (κ3) is 2.69. The van der Waals surface area contributed by atoms with E-state index in [0.29, 0.717) is 5.92 Å². The van der Waals surface area contributed by atoms with E-state index in [2.05, 4.69) is 5.32 Å². The summed E-state index contributed by atoms with van der Waals surface area (Å²) in [6, 6.07) is 6.88. The molecule has 0 aliphatic carbocycles. The molecule has 1 N–H and O–H groups in total. The zero-order chi connectivity index (χ0) is 9.10. The molecule has 0 saturated carbocycles. The van der Waals surface area contributed by atoms with Crippen molar-refractivity contribution in [3.8, 4) is 0 Å². The van der Waals surface area contributed by atoms with Crippen molar-refractivity contribution in [2.75, 3.05) is 13.1 Å². The molecule has 1 aromatic rings. The van der Waals surface area contributed by atoms with Crippen LogP contribution in [-0.2, 0) is 0 Å². The molecule has 1 aliphatic rings. The van der Waals surface area contributed by atoms with Crippen LogP contribution in [0.3, 0.4) is 0 Å². The summed E-state index contributed by atoms with van der Waals surface area (Å²) in [6.07, 6.45) is 2.45. The van der Waals surface area contributed by atoms with E-state index < -0.39 is 0 Å². The number of hydrogen-bond acceptors (Lipinski definition) is 1. The van der Waals surface area contributed by atoms with Gasteiger partial charge in [-0.3, -0.25) is 0 Å². The number of rotatable bonds is 1. The van der Waals surface area contributed by atoms with Crippen molar-refractivity contribution in [2.24, 2.45) is 0 Å². The van der Waals surface area contributed by atoms with Gasteiger partial charge in [-0.05, 0) is 43.0 Å². The molecule has 0 aromatic heterocycles. The average Bonchev–Trinajstić information content (AvgIpc) is 2.20. The predicted molar refractivity (Wildman–Crippen MR) is 58.5 cm³/mol. The first-order valence-electron chi connectivity index (χ1n) is 4.82. The number of halogens is 2. The van der Waals surface area contributed by atoms with E-state index in [1.165, 1.54) is 18.4 Å². The lowest BCUT2D eigenvalue weighted by Gasteiger charge is -2.22. The van der Waals surface area contributed by atoms with Crippen molar-refractivity contribution in [2.45, 2.75) is 18.8 Å².